The van der Waals surface area contributed by atoms with Gasteiger partial charge in [-0.25, -0.2) is 0 Å². The number of β-amino-alcohol motifs (C(OH)–C–C–N with tert-alkyl or cyclic N) is 1. The van der Waals surface area contributed by atoms with E-state index >= 15 is 0 Å². The zero-order valence-electron chi connectivity index (χ0n) is 13.7. The third-order valence-electron chi connectivity index (χ3n) is 5.82. The van der Waals surface area contributed by atoms with Crippen LogP contribution in [0.4, 0.5) is 0 Å². The van der Waals surface area contributed by atoms with E-state index < -0.39 is 0 Å². The molecular formula is C19H27NO3. The normalized spacial score (nSPS) is 36.0. The van der Waals surface area contributed by atoms with Crippen molar-refractivity contribution in [1.82, 2.24) is 4.90 Å². The standard InChI is InChI=1S/C19H27NO3/c21-18-12-20(11-15-6-8-22-9-7-15)14-19(18)10-17(13-23-19)16-4-2-1-3-5-16/h1-5,15,17-18,21H,6-14H2/t17-,18-,19-/m1/s1. The van der Waals surface area contributed by atoms with E-state index in [4.69, 9.17) is 9.47 Å². The Hall–Kier alpha value is -0.940. The van der Waals surface area contributed by atoms with Crippen molar-refractivity contribution in [2.24, 2.45) is 5.92 Å². The smallest absolute Gasteiger partial charge is 0.109 e. The number of benzene rings is 1. The molecular weight excluding hydrogens is 290 g/mol. The van der Waals surface area contributed by atoms with E-state index in [-0.39, 0.29) is 11.7 Å². The Balaban J connectivity index is 1.39. The molecule has 0 aliphatic carbocycles. The summed E-state index contributed by atoms with van der Waals surface area (Å²) in [6.07, 6.45) is 2.86. The van der Waals surface area contributed by atoms with Crippen molar-refractivity contribution in [2.75, 3.05) is 39.5 Å². The maximum absolute atomic E-state index is 10.7. The van der Waals surface area contributed by atoms with Crippen molar-refractivity contribution in [3.8, 4) is 0 Å². The lowest BCUT2D eigenvalue weighted by Crippen LogP contribution is -2.41. The first-order chi connectivity index (χ1) is 11.3. The summed E-state index contributed by atoms with van der Waals surface area (Å²) in [5.41, 5.74) is 0.977. The minimum absolute atomic E-state index is 0.355. The van der Waals surface area contributed by atoms with E-state index in [1.165, 1.54) is 5.56 Å². The molecule has 3 aliphatic heterocycles. The lowest BCUT2D eigenvalue weighted by atomic mass is 9.87. The first-order valence-corrected chi connectivity index (χ1v) is 8.92. The maximum atomic E-state index is 10.7. The van der Waals surface area contributed by atoms with Gasteiger partial charge in [0.25, 0.3) is 0 Å². The molecule has 4 rings (SSSR count). The third kappa shape index (κ3) is 3.18. The second-order valence-electron chi connectivity index (χ2n) is 7.45. The molecule has 3 atom stereocenters. The molecule has 3 aliphatic rings. The van der Waals surface area contributed by atoms with E-state index in [9.17, 15) is 5.11 Å². The van der Waals surface area contributed by atoms with Gasteiger partial charge >= 0.3 is 0 Å². The van der Waals surface area contributed by atoms with Crippen molar-refractivity contribution >= 4 is 0 Å². The molecule has 1 aromatic rings. The summed E-state index contributed by atoms with van der Waals surface area (Å²) >= 11 is 0. The molecule has 0 aromatic heterocycles. The van der Waals surface area contributed by atoms with E-state index in [1.54, 1.807) is 0 Å². The zero-order valence-corrected chi connectivity index (χ0v) is 13.7. The van der Waals surface area contributed by atoms with Crippen LogP contribution in [0.3, 0.4) is 0 Å². The summed E-state index contributed by atoms with van der Waals surface area (Å²) in [6, 6.07) is 10.6. The van der Waals surface area contributed by atoms with Crippen LogP contribution in [0.2, 0.25) is 0 Å². The highest BCUT2D eigenvalue weighted by Crippen LogP contribution is 2.42. The molecule has 3 heterocycles. The molecule has 0 radical (unpaired) electrons. The SMILES string of the molecule is O[C@@H]1CN(CC2CCOCC2)C[C@]12C[C@@H](c1ccccc1)CO2. The third-order valence-corrected chi connectivity index (χ3v) is 5.82. The summed E-state index contributed by atoms with van der Waals surface area (Å²) in [5, 5.41) is 10.7. The summed E-state index contributed by atoms with van der Waals surface area (Å²) in [4.78, 5) is 2.41. The average molecular weight is 317 g/mol. The first-order valence-electron chi connectivity index (χ1n) is 8.92. The fourth-order valence-corrected chi connectivity index (χ4v) is 4.48. The van der Waals surface area contributed by atoms with Crippen molar-refractivity contribution in [3.05, 3.63) is 35.9 Å². The number of ether oxygens (including phenoxy) is 2. The Morgan fingerprint density at radius 1 is 1.17 bits per heavy atom. The van der Waals surface area contributed by atoms with Crippen molar-refractivity contribution in [3.63, 3.8) is 0 Å². The molecule has 0 amide bonds. The van der Waals surface area contributed by atoms with Gasteiger partial charge in [-0.1, -0.05) is 30.3 Å². The highest BCUT2D eigenvalue weighted by atomic mass is 16.5. The van der Waals surface area contributed by atoms with Crippen LogP contribution in [0.1, 0.15) is 30.7 Å². The molecule has 0 bridgehead atoms. The molecule has 3 saturated heterocycles. The molecule has 0 unspecified atom stereocenters. The zero-order chi connectivity index (χ0) is 15.7. The minimum atomic E-state index is -0.365. The monoisotopic (exact) mass is 317 g/mol. The van der Waals surface area contributed by atoms with Crippen LogP contribution in [0, 0.1) is 5.92 Å². The number of hydrogen-bond acceptors (Lipinski definition) is 4. The van der Waals surface area contributed by atoms with Crippen LogP contribution in [0.15, 0.2) is 30.3 Å². The fourth-order valence-electron chi connectivity index (χ4n) is 4.48. The molecule has 1 aromatic carbocycles. The predicted molar refractivity (Wildman–Crippen MR) is 88.5 cm³/mol. The topological polar surface area (TPSA) is 41.9 Å². The Morgan fingerprint density at radius 2 is 1.96 bits per heavy atom. The number of nitrogens with zero attached hydrogens (tertiary/aromatic N) is 1. The van der Waals surface area contributed by atoms with E-state index in [1.807, 2.05) is 0 Å². The molecule has 23 heavy (non-hydrogen) atoms. The van der Waals surface area contributed by atoms with Gasteiger partial charge in [-0.2, -0.15) is 0 Å². The molecule has 1 N–H and O–H groups in total. The van der Waals surface area contributed by atoms with Gasteiger partial charge < -0.3 is 14.6 Å². The molecule has 1 spiro atoms. The molecule has 3 fully saturated rings. The van der Waals surface area contributed by atoms with Crippen LogP contribution in [-0.2, 0) is 9.47 Å². The summed E-state index contributed by atoms with van der Waals surface area (Å²) in [5.74, 6) is 1.12. The first kappa shape index (κ1) is 15.6. The van der Waals surface area contributed by atoms with Crippen LogP contribution in [-0.4, -0.2) is 61.2 Å². The van der Waals surface area contributed by atoms with Gasteiger partial charge in [-0.15, -0.1) is 0 Å². The minimum Gasteiger partial charge on any atom is -0.389 e. The Labute approximate surface area is 138 Å². The van der Waals surface area contributed by atoms with Crippen molar-refractivity contribution < 1.29 is 14.6 Å². The lowest BCUT2D eigenvalue weighted by molar-refractivity contribution is -0.0596. The van der Waals surface area contributed by atoms with Gasteiger partial charge in [0.15, 0.2) is 0 Å². The van der Waals surface area contributed by atoms with Gasteiger partial charge in [0, 0.05) is 38.8 Å². The van der Waals surface area contributed by atoms with Crippen LogP contribution < -0.4 is 0 Å². The molecule has 126 valence electrons. The second kappa shape index (κ2) is 6.52. The predicted octanol–water partition coefficient (Wildman–Crippen LogP) is 2.03. The number of rotatable bonds is 3. The van der Waals surface area contributed by atoms with Gasteiger partial charge in [-0.05, 0) is 30.7 Å². The van der Waals surface area contributed by atoms with Crippen LogP contribution in [0.25, 0.3) is 0 Å². The number of hydrogen-bond donors (Lipinski definition) is 1. The highest BCUT2D eigenvalue weighted by molar-refractivity contribution is 5.23. The van der Waals surface area contributed by atoms with Gasteiger partial charge in [0.05, 0.1) is 12.7 Å². The van der Waals surface area contributed by atoms with E-state index in [2.05, 4.69) is 35.2 Å². The maximum Gasteiger partial charge on any atom is 0.109 e. The number of aliphatic hydroxyl groups excluding tert-OH is 1. The van der Waals surface area contributed by atoms with Crippen LogP contribution in [0.5, 0.6) is 0 Å². The number of likely N-dealkylation sites (tertiary alicyclic amines) is 1. The van der Waals surface area contributed by atoms with Gasteiger partial charge in [0.2, 0.25) is 0 Å². The quantitative estimate of drug-likeness (QED) is 0.926. The highest BCUT2D eigenvalue weighted by Gasteiger charge is 2.52. The van der Waals surface area contributed by atoms with E-state index in [0.717, 1.165) is 58.7 Å². The van der Waals surface area contributed by atoms with Gasteiger partial charge in [0.1, 0.15) is 5.60 Å². The largest absolute Gasteiger partial charge is 0.389 e. The van der Waals surface area contributed by atoms with Gasteiger partial charge in [-0.3, -0.25) is 4.90 Å². The Kier molecular flexibility index (Phi) is 4.41. The molecule has 4 nitrogen and oxygen atoms in total. The summed E-state index contributed by atoms with van der Waals surface area (Å²) < 4.78 is 11.6. The second-order valence-corrected chi connectivity index (χ2v) is 7.45. The summed E-state index contributed by atoms with van der Waals surface area (Å²) in [6.45, 7) is 5.19. The fraction of sp³-hybridized carbons (Fsp3) is 0.684. The Morgan fingerprint density at radius 3 is 2.74 bits per heavy atom. The van der Waals surface area contributed by atoms with Crippen molar-refractivity contribution in [2.45, 2.75) is 36.9 Å². The van der Waals surface area contributed by atoms with Crippen LogP contribution >= 0.6 is 0 Å². The summed E-state index contributed by atoms with van der Waals surface area (Å²) in [7, 11) is 0. The molecule has 4 heteroatoms. The molecule has 0 saturated carbocycles. The van der Waals surface area contributed by atoms with E-state index in [0.29, 0.717) is 11.8 Å². The lowest BCUT2D eigenvalue weighted by Gasteiger charge is -2.28. The number of aliphatic hydroxyl groups is 1. The Bertz CT molecular complexity index is 517. The van der Waals surface area contributed by atoms with Crippen molar-refractivity contribution in [1.29, 1.82) is 0 Å². The average Bonchev–Trinajstić information content (AvgIpc) is 3.14.